The Morgan fingerprint density at radius 1 is 1.48 bits per heavy atom. The normalized spacial score (nSPS) is 24.8. The van der Waals surface area contributed by atoms with Gasteiger partial charge >= 0.3 is 0 Å². The van der Waals surface area contributed by atoms with E-state index in [4.69, 9.17) is 4.74 Å². The predicted octanol–water partition coefficient (Wildman–Crippen LogP) is 3.41. The van der Waals surface area contributed by atoms with Gasteiger partial charge in [0.15, 0.2) is 11.6 Å². The first-order chi connectivity index (χ1) is 10.1. The fraction of sp³-hybridized carbons (Fsp3) is 0.562. The molecule has 1 aliphatic carbocycles. The van der Waals surface area contributed by atoms with Gasteiger partial charge < -0.3 is 4.74 Å². The first-order valence-electron chi connectivity index (χ1n) is 7.35. The zero-order valence-electron chi connectivity index (χ0n) is 12.2. The number of nitriles is 1. The van der Waals surface area contributed by atoms with Crippen molar-refractivity contribution in [3.63, 3.8) is 0 Å². The molecule has 0 saturated heterocycles. The zero-order valence-corrected chi connectivity index (χ0v) is 12.2. The molecule has 0 aliphatic heterocycles. The van der Waals surface area contributed by atoms with Crippen LogP contribution in [0, 0.1) is 28.9 Å². The Bertz CT molecular complexity index is 529. The smallest absolute Gasteiger partial charge is 0.167 e. The largest absolute Gasteiger partial charge is 0.491 e. The number of benzene rings is 1. The van der Waals surface area contributed by atoms with Crippen LogP contribution in [-0.2, 0) is 0 Å². The van der Waals surface area contributed by atoms with E-state index in [2.05, 4.69) is 11.4 Å². The van der Waals surface area contributed by atoms with E-state index in [1.807, 2.05) is 6.92 Å². The SMILES string of the molecule is CCNC1(C#N)CCCC1CCOc1ccc(F)cc1F. The third-order valence-corrected chi connectivity index (χ3v) is 4.13. The molecule has 2 unspecified atom stereocenters. The lowest BCUT2D eigenvalue weighted by molar-refractivity contribution is 0.228. The van der Waals surface area contributed by atoms with Gasteiger partial charge in [0, 0.05) is 6.07 Å². The molecule has 3 nitrogen and oxygen atoms in total. The monoisotopic (exact) mass is 294 g/mol. The molecular formula is C16H20F2N2O. The summed E-state index contributed by atoms with van der Waals surface area (Å²) in [6, 6.07) is 5.68. The fourth-order valence-electron chi connectivity index (χ4n) is 3.11. The lowest BCUT2D eigenvalue weighted by atomic mass is 9.86. The van der Waals surface area contributed by atoms with Crippen LogP contribution in [0.4, 0.5) is 8.78 Å². The van der Waals surface area contributed by atoms with Gasteiger partial charge in [-0.15, -0.1) is 0 Å². The zero-order chi connectivity index (χ0) is 15.3. The molecule has 0 aromatic heterocycles. The lowest BCUT2D eigenvalue weighted by Crippen LogP contribution is -2.47. The summed E-state index contributed by atoms with van der Waals surface area (Å²) in [4.78, 5) is 0. The van der Waals surface area contributed by atoms with Crippen LogP contribution in [0.5, 0.6) is 5.75 Å². The van der Waals surface area contributed by atoms with Crippen molar-refractivity contribution >= 4 is 0 Å². The van der Waals surface area contributed by atoms with Crippen molar-refractivity contribution in [3.05, 3.63) is 29.8 Å². The molecule has 1 aliphatic rings. The molecule has 0 radical (unpaired) electrons. The van der Waals surface area contributed by atoms with Gasteiger partial charge in [-0.05, 0) is 43.9 Å². The second-order valence-corrected chi connectivity index (χ2v) is 5.41. The Morgan fingerprint density at radius 2 is 2.29 bits per heavy atom. The topological polar surface area (TPSA) is 45.0 Å². The minimum Gasteiger partial charge on any atom is -0.491 e. The summed E-state index contributed by atoms with van der Waals surface area (Å²) < 4.78 is 31.7. The summed E-state index contributed by atoms with van der Waals surface area (Å²) in [5.41, 5.74) is -0.487. The first kappa shape index (κ1) is 15.7. The van der Waals surface area contributed by atoms with Gasteiger partial charge in [-0.2, -0.15) is 5.26 Å². The van der Waals surface area contributed by atoms with E-state index < -0.39 is 17.2 Å². The maximum absolute atomic E-state index is 13.5. The molecule has 5 heteroatoms. The van der Waals surface area contributed by atoms with Crippen LogP contribution in [0.3, 0.4) is 0 Å². The van der Waals surface area contributed by atoms with Crippen LogP contribution in [0.25, 0.3) is 0 Å². The summed E-state index contributed by atoms with van der Waals surface area (Å²) in [6.07, 6.45) is 3.50. The number of nitrogens with one attached hydrogen (secondary N) is 1. The molecular weight excluding hydrogens is 274 g/mol. The van der Waals surface area contributed by atoms with Gasteiger partial charge in [0.05, 0.1) is 12.7 Å². The molecule has 1 saturated carbocycles. The molecule has 0 spiro atoms. The molecule has 1 N–H and O–H groups in total. The molecule has 2 rings (SSSR count). The van der Waals surface area contributed by atoms with E-state index in [1.54, 1.807) is 0 Å². The Morgan fingerprint density at radius 3 is 2.95 bits per heavy atom. The van der Waals surface area contributed by atoms with Crippen molar-refractivity contribution in [1.29, 1.82) is 5.26 Å². The first-order valence-corrected chi connectivity index (χ1v) is 7.35. The van der Waals surface area contributed by atoms with Crippen molar-refractivity contribution in [2.45, 2.75) is 38.1 Å². The Balaban J connectivity index is 1.92. The highest BCUT2D eigenvalue weighted by molar-refractivity contribution is 5.24. The minimum absolute atomic E-state index is 0.0559. The van der Waals surface area contributed by atoms with Crippen LogP contribution in [0.2, 0.25) is 0 Å². The van der Waals surface area contributed by atoms with Gasteiger partial charge in [0.2, 0.25) is 0 Å². The maximum Gasteiger partial charge on any atom is 0.167 e. The molecule has 0 amide bonds. The van der Waals surface area contributed by atoms with Crippen molar-refractivity contribution in [1.82, 2.24) is 5.32 Å². The van der Waals surface area contributed by atoms with E-state index in [0.29, 0.717) is 13.0 Å². The van der Waals surface area contributed by atoms with E-state index in [1.165, 1.54) is 12.1 Å². The van der Waals surface area contributed by atoms with Crippen molar-refractivity contribution in [2.24, 2.45) is 5.92 Å². The summed E-state index contributed by atoms with van der Waals surface area (Å²) in [5.74, 6) is -1.06. The van der Waals surface area contributed by atoms with Gasteiger partial charge in [0.1, 0.15) is 11.4 Å². The van der Waals surface area contributed by atoms with Gasteiger partial charge in [-0.3, -0.25) is 5.32 Å². The fourth-order valence-corrected chi connectivity index (χ4v) is 3.11. The minimum atomic E-state index is -0.695. The summed E-state index contributed by atoms with van der Waals surface area (Å²) in [7, 11) is 0. The number of halogens is 2. The number of ether oxygens (including phenoxy) is 1. The standard InChI is InChI=1S/C16H20F2N2O/c1-2-20-16(11-19)8-3-4-12(16)7-9-21-15-6-5-13(17)10-14(15)18/h5-6,10,12,20H,2-4,7-9H2,1H3. The van der Waals surface area contributed by atoms with Gasteiger partial charge in [-0.1, -0.05) is 13.3 Å². The molecule has 21 heavy (non-hydrogen) atoms. The lowest BCUT2D eigenvalue weighted by Gasteiger charge is -2.29. The van der Waals surface area contributed by atoms with Crippen LogP contribution in [0.1, 0.15) is 32.6 Å². The Labute approximate surface area is 123 Å². The van der Waals surface area contributed by atoms with Crippen molar-refractivity contribution < 1.29 is 13.5 Å². The van der Waals surface area contributed by atoms with Crippen molar-refractivity contribution in [2.75, 3.05) is 13.2 Å². The second-order valence-electron chi connectivity index (χ2n) is 5.41. The highest BCUT2D eigenvalue weighted by atomic mass is 19.1. The maximum atomic E-state index is 13.5. The summed E-state index contributed by atoms with van der Waals surface area (Å²) in [5, 5.41) is 12.7. The van der Waals surface area contributed by atoms with Crippen LogP contribution in [0.15, 0.2) is 18.2 Å². The Kier molecular flexibility index (Phi) is 5.13. The number of hydrogen-bond donors (Lipinski definition) is 1. The average molecular weight is 294 g/mol. The molecule has 1 fully saturated rings. The van der Waals surface area contributed by atoms with Crippen LogP contribution < -0.4 is 10.1 Å². The predicted molar refractivity (Wildman–Crippen MR) is 75.8 cm³/mol. The van der Waals surface area contributed by atoms with Gasteiger partial charge in [-0.25, -0.2) is 8.78 Å². The summed E-state index contributed by atoms with van der Waals surface area (Å²) >= 11 is 0. The summed E-state index contributed by atoms with van der Waals surface area (Å²) in [6.45, 7) is 3.05. The van der Waals surface area contributed by atoms with E-state index >= 15 is 0 Å². The molecule has 1 aromatic carbocycles. The van der Waals surface area contributed by atoms with E-state index in [0.717, 1.165) is 31.9 Å². The number of rotatable bonds is 6. The van der Waals surface area contributed by atoms with Crippen LogP contribution >= 0.6 is 0 Å². The average Bonchev–Trinajstić information content (AvgIpc) is 2.85. The quantitative estimate of drug-likeness (QED) is 0.874. The van der Waals surface area contributed by atoms with Crippen molar-refractivity contribution in [3.8, 4) is 11.8 Å². The van der Waals surface area contributed by atoms with E-state index in [9.17, 15) is 14.0 Å². The van der Waals surface area contributed by atoms with E-state index in [-0.39, 0.29) is 11.7 Å². The molecule has 114 valence electrons. The Hall–Kier alpha value is -1.67. The number of hydrogen-bond acceptors (Lipinski definition) is 3. The molecule has 1 aromatic rings. The molecule has 2 atom stereocenters. The number of nitrogens with zero attached hydrogens (tertiary/aromatic N) is 1. The second kappa shape index (κ2) is 6.86. The third kappa shape index (κ3) is 3.51. The highest BCUT2D eigenvalue weighted by Crippen LogP contribution is 2.37. The third-order valence-electron chi connectivity index (χ3n) is 4.13. The molecule has 0 bridgehead atoms. The molecule has 0 heterocycles. The van der Waals surface area contributed by atoms with Gasteiger partial charge in [0.25, 0.3) is 0 Å². The van der Waals surface area contributed by atoms with Crippen LogP contribution in [-0.4, -0.2) is 18.7 Å². The highest BCUT2D eigenvalue weighted by Gasteiger charge is 2.42.